The maximum absolute atomic E-state index is 12.6. The maximum atomic E-state index is 12.6. The van der Waals surface area contributed by atoms with Crippen LogP contribution < -0.4 is 4.74 Å². The molecule has 3 heterocycles. The molecule has 0 fully saturated rings. The summed E-state index contributed by atoms with van der Waals surface area (Å²) in [6.45, 7) is 3.78. The van der Waals surface area contributed by atoms with Gasteiger partial charge < -0.3 is 9.47 Å². The van der Waals surface area contributed by atoms with E-state index < -0.39 is 5.97 Å². The van der Waals surface area contributed by atoms with Gasteiger partial charge in [0.15, 0.2) is 5.65 Å². The average molecular weight is 408 g/mol. The van der Waals surface area contributed by atoms with Crippen LogP contribution in [-0.2, 0) is 18.4 Å². The van der Waals surface area contributed by atoms with Gasteiger partial charge in [-0.3, -0.25) is 4.68 Å². The lowest BCUT2D eigenvalue weighted by Crippen LogP contribution is -2.09. The topological polar surface area (TPSA) is 79.1 Å². The molecule has 0 saturated heterocycles. The number of rotatable bonds is 5. The van der Waals surface area contributed by atoms with Crippen molar-refractivity contribution in [1.82, 2.24) is 19.7 Å². The molecular weight excluding hydrogens is 388 g/mol. The number of carbonyl (C=O) groups is 1. The zero-order chi connectivity index (χ0) is 20.5. The summed E-state index contributed by atoms with van der Waals surface area (Å²) in [6, 6.07) is 9.49. The van der Waals surface area contributed by atoms with Crippen molar-refractivity contribution in [3.05, 3.63) is 58.4 Å². The first-order valence-corrected chi connectivity index (χ1v) is 9.91. The lowest BCUT2D eigenvalue weighted by molar-refractivity contribution is 0.0467. The molecule has 4 aromatic rings. The van der Waals surface area contributed by atoms with E-state index in [9.17, 15) is 4.79 Å². The molecule has 0 aliphatic carbocycles. The molecule has 8 heteroatoms. The molecule has 0 bridgehead atoms. The minimum Gasteiger partial charge on any atom is -0.496 e. The number of para-hydroxylation sites is 1. The van der Waals surface area contributed by atoms with Gasteiger partial charge in [0.05, 0.1) is 35.3 Å². The first-order valence-electron chi connectivity index (χ1n) is 9.03. The molecule has 0 aliphatic heterocycles. The normalized spacial score (nSPS) is 11.0. The number of thiazole rings is 1. The minimum absolute atomic E-state index is 0.0913. The average Bonchev–Trinajstić information content (AvgIpc) is 3.30. The number of methoxy groups -OCH3 is 1. The molecule has 0 saturated carbocycles. The van der Waals surface area contributed by atoms with Gasteiger partial charge in [-0.2, -0.15) is 5.10 Å². The van der Waals surface area contributed by atoms with Crippen LogP contribution in [0.1, 0.15) is 27.4 Å². The van der Waals surface area contributed by atoms with Crippen LogP contribution in [0.5, 0.6) is 5.75 Å². The first-order chi connectivity index (χ1) is 14.0. The Bertz CT molecular complexity index is 1210. The highest BCUT2D eigenvalue weighted by Gasteiger charge is 2.17. The zero-order valence-corrected chi connectivity index (χ0v) is 17.4. The molecule has 0 spiro atoms. The monoisotopic (exact) mass is 408 g/mol. The van der Waals surface area contributed by atoms with Crippen molar-refractivity contribution >= 4 is 28.3 Å². The van der Waals surface area contributed by atoms with Crippen LogP contribution >= 0.6 is 11.3 Å². The van der Waals surface area contributed by atoms with Crippen molar-refractivity contribution in [2.45, 2.75) is 20.5 Å². The van der Waals surface area contributed by atoms with Gasteiger partial charge in [-0.15, -0.1) is 11.3 Å². The highest BCUT2D eigenvalue weighted by Crippen LogP contribution is 2.32. The molecule has 29 heavy (non-hydrogen) atoms. The Balaban J connectivity index is 1.52. The van der Waals surface area contributed by atoms with Gasteiger partial charge in [-0.05, 0) is 32.0 Å². The van der Waals surface area contributed by atoms with Gasteiger partial charge in [0.25, 0.3) is 0 Å². The Hall–Kier alpha value is -3.26. The smallest absolute Gasteiger partial charge is 0.340 e. The lowest BCUT2D eigenvalue weighted by Gasteiger charge is -2.07. The largest absolute Gasteiger partial charge is 0.496 e. The summed E-state index contributed by atoms with van der Waals surface area (Å²) in [4.78, 5) is 21.7. The van der Waals surface area contributed by atoms with Crippen LogP contribution in [-0.4, -0.2) is 32.8 Å². The standard InChI is InChI=1S/C21H20N4O3S/c1-12-17(9-16-13(2)24-25(3)19(16)22-12)21(26)28-10-14-11-29-20(23-14)15-7-5-6-8-18(15)27-4/h5-9,11H,10H2,1-4H3. The summed E-state index contributed by atoms with van der Waals surface area (Å²) in [5, 5.41) is 7.90. The molecule has 0 aliphatic rings. The second-order valence-electron chi connectivity index (χ2n) is 6.62. The van der Waals surface area contributed by atoms with E-state index in [1.165, 1.54) is 11.3 Å². The Kier molecular flexibility index (Phi) is 5.02. The minimum atomic E-state index is -0.424. The highest BCUT2D eigenvalue weighted by molar-refractivity contribution is 7.13. The van der Waals surface area contributed by atoms with Gasteiger partial charge >= 0.3 is 5.97 Å². The number of hydrogen-bond acceptors (Lipinski definition) is 7. The molecule has 0 radical (unpaired) electrons. The van der Waals surface area contributed by atoms with E-state index in [0.29, 0.717) is 17.0 Å². The quantitative estimate of drug-likeness (QED) is 0.463. The van der Waals surface area contributed by atoms with Crippen LogP contribution in [0.2, 0.25) is 0 Å². The van der Waals surface area contributed by atoms with Crippen molar-refractivity contribution in [3.63, 3.8) is 0 Å². The van der Waals surface area contributed by atoms with Gasteiger partial charge in [-0.1, -0.05) is 12.1 Å². The Morgan fingerprint density at radius 2 is 1.97 bits per heavy atom. The number of aryl methyl sites for hydroxylation is 3. The maximum Gasteiger partial charge on any atom is 0.340 e. The third-order valence-corrected chi connectivity index (χ3v) is 5.57. The Morgan fingerprint density at radius 1 is 1.17 bits per heavy atom. The summed E-state index contributed by atoms with van der Waals surface area (Å²) in [6.07, 6.45) is 0. The molecule has 4 rings (SSSR count). The molecule has 3 aromatic heterocycles. The highest BCUT2D eigenvalue weighted by atomic mass is 32.1. The number of hydrogen-bond donors (Lipinski definition) is 0. The van der Waals surface area contributed by atoms with Crippen molar-refractivity contribution in [2.24, 2.45) is 7.05 Å². The summed E-state index contributed by atoms with van der Waals surface area (Å²) in [5.41, 5.74) is 4.22. The van der Waals surface area contributed by atoms with E-state index in [2.05, 4.69) is 15.1 Å². The van der Waals surface area contributed by atoms with Gasteiger partial charge in [0.2, 0.25) is 0 Å². The fraction of sp³-hybridized carbons (Fsp3) is 0.238. The number of pyridine rings is 1. The Labute approximate surface area is 171 Å². The summed E-state index contributed by atoms with van der Waals surface area (Å²) < 4.78 is 12.6. The van der Waals surface area contributed by atoms with E-state index in [-0.39, 0.29) is 6.61 Å². The van der Waals surface area contributed by atoms with Crippen molar-refractivity contribution in [3.8, 4) is 16.3 Å². The number of carbonyl (C=O) groups excluding carboxylic acids is 1. The molecular formula is C21H20N4O3S. The van der Waals surface area contributed by atoms with E-state index in [1.807, 2.05) is 43.6 Å². The third kappa shape index (κ3) is 3.58. The van der Waals surface area contributed by atoms with Crippen molar-refractivity contribution in [2.75, 3.05) is 7.11 Å². The Morgan fingerprint density at radius 3 is 2.76 bits per heavy atom. The van der Waals surface area contributed by atoms with Crippen LogP contribution in [0.25, 0.3) is 21.6 Å². The predicted molar refractivity (Wildman–Crippen MR) is 111 cm³/mol. The summed E-state index contributed by atoms with van der Waals surface area (Å²) >= 11 is 1.48. The fourth-order valence-corrected chi connectivity index (χ4v) is 4.01. The number of benzene rings is 1. The fourth-order valence-electron chi connectivity index (χ4n) is 3.17. The molecule has 0 N–H and O–H groups in total. The molecule has 1 aromatic carbocycles. The summed E-state index contributed by atoms with van der Waals surface area (Å²) in [7, 11) is 3.47. The second-order valence-corrected chi connectivity index (χ2v) is 7.48. The molecule has 0 amide bonds. The second kappa shape index (κ2) is 7.63. The van der Waals surface area contributed by atoms with Gasteiger partial charge in [0, 0.05) is 17.8 Å². The number of esters is 1. The molecule has 0 unspecified atom stereocenters. The van der Waals surface area contributed by atoms with E-state index in [4.69, 9.17) is 9.47 Å². The van der Waals surface area contributed by atoms with Crippen molar-refractivity contribution in [1.29, 1.82) is 0 Å². The predicted octanol–water partition coefficient (Wildman–Crippen LogP) is 4.07. The van der Waals surface area contributed by atoms with Crippen LogP contribution in [0.4, 0.5) is 0 Å². The lowest BCUT2D eigenvalue weighted by atomic mass is 10.1. The third-order valence-electron chi connectivity index (χ3n) is 4.65. The summed E-state index contributed by atoms with van der Waals surface area (Å²) in [5.74, 6) is 0.333. The van der Waals surface area contributed by atoms with E-state index >= 15 is 0 Å². The SMILES string of the molecule is COc1ccccc1-c1nc(COC(=O)c2cc3c(C)nn(C)c3nc2C)cs1. The zero-order valence-electron chi connectivity index (χ0n) is 16.6. The van der Waals surface area contributed by atoms with E-state index in [0.717, 1.165) is 33.0 Å². The number of fused-ring (bicyclic) bond motifs is 1. The molecule has 0 atom stereocenters. The van der Waals surface area contributed by atoms with Crippen LogP contribution in [0.15, 0.2) is 35.7 Å². The first kappa shape index (κ1) is 19.1. The van der Waals surface area contributed by atoms with Crippen molar-refractivity contribution < 1.29 is 14.3 Å². The van der Waals surface area contributed by atoms with Gasteiger partial charge in [0.1, 0.15) is 17.4 Å². The molecule has 7 nitrogen and oxygen atoms in total. The van der Waals surface area contributed by atoms with Crippen LogP contribution in [0, 0.1) is 13.8 Å². The van der Waals surface area contributed by atoms with Gasteiger partial charge in [-0.25, -0.2) is 14.8 Å². The van der Waals surface area contributed by atoms with E-state index in [1.54, 1.807) is 24.8 Å². The number of ether oxygens (including phenoxy) is 2. The van der Waals surface area contributed by atoms with Crippen LogP contribution in [0.3, 0.4) is 0 Å². The molecule has 148 valence electrons. The number of aromatic nitrogens is 4. The number of nitrogens with zero attached hydrogens (tertiary/aromatic N) is 4.